The number of rotatable bonds is 1. The van der Waals surface area contributed by atoms with Gasteiger partial charge in [0.1, 0.15) is 11.5 Å². The van der Waals surface area contributed by atoms with Gasteiger partial charge in [-0.1, -0.05) is 64.3 Å². The summed E-state index contributed by atoms with van der Waals surface area (Å²) in [6, 6.07) is 13.9. The van der Waals surface area contributed by atoms with Crippen molar-refractivity contribution in [2.75, 3.05) is 0 Å². The lowest BCUT2D eigenvalue weighted by atomic mass is 9.70. The molecule has 124 valence electrons. The number of phenolic OH excluding ortho intramolecular Hbond substituents is 2. The third-order valence-corrected chi connectivity index (χ3v) is 5.11. The third-order valence-electron chi connectivity index (χ3n) is 5.11. The summed E-state index contributed by atoms with van der Waals surface area (Å²) in [4.78, 5) is 0. The maximum Gasteiger partial charge on any atom is 0.115 e. The van der Waals surface area contributed by atoms with Crippen LogP contribution in [0.2, 0.25) is 0 Å². The van der Waals surface area contributed by atoms with Crippen LogP contribution in [0, 0.1) is 11.3 Å². The first-order valence-electron chi connectivity index (χ1n) is 8.47. The van der Waals surface area contributed by atoms with Crippen LogP contribution >= 0.6 is 0 Å². The molecule has 1 saturated carbocycles. The van der Waals surface area contributed by atoms with Crippen LogP contribution in [-0.4, -0.2) is 10.2 Å². The summed E-state index contributed by atoms with van der Waals surface area (Å²) in [5.74, 6) is 1.46. The quantitative estimate of drug-likeness (QED) is 0.679. The molecule has 0 aliphatic heterocycles. The number of hydrogen-bond donors (Lipinski definition) is 2. The first kappa shape index (κ1) is 17.4. The molecule has 23 heavy (non-hydrogen) atoms. The Labute approximate surface area is 139 Å². The molecule has 1 aliphatic rings. The van der Waals surface area contributed by atoms with Gasteiger partial charge in [-0.2, -0.15) is 0 Å². The van der Waals surface area contributed by atoms with Gasteiger partial charge in [0, 0.05) is 0 Å². The minimum absolute atomic E-state index is 0.257. The SMILES string of the molecule is CC1CCCCC1(C)C.Oc1ccc(-c2ccc(O)cc2)cc1. The zero-order chi connectivity index (χ0) is 16.9. The Morgan fingerprint density at radius 1 is 0.783 bits per heavy atom. The monoisotopic (exact) mass is 312 g/mol. The van der Waals surface area contributed by atoms with Gasteiger partial charge in [0.25, 0.3) is 0 Å². The normalized spacial score (nSPS) is 19.5. The summed E-state index contributed by atoms with van der Waals surface area (Å²) >= 11 is 0. The van der Waals surface area contributed by atoms with Crippen LogP contribution in [-0.2, 0) is 0 Å². The van der Waals surface area contributed by atoms with Gasteiger partial charge >= 0.3 is 0 Å². The van der Waals surface area contributed by atoms with Gasteiger partial charge in [-0.3, -0.25) is 0 Å². The summed E-state index contributed by atoms with van der Waals surface area (Å²) in [7, 11) is 0. The lowest BCUT2D eigenvalue weighted by Crippen LogP contribution is -2.24. The standard InChI is InChI=1S/C12H10O2.C9H18/c13-11-5-1-9(2-6-11)10-3-7-12(14)8-4-10;1-8-6-4-5-7-9(8,2)3/h1-8,13-14H;8H,4-7H2,1-3H3. The number of phenols is 2. The molecule has 1 aliphatic carbocycles. The van der Waals surface area contributed by atoms with Crippen molar-refractivity contribution in [3.05, 3.63) is 48.5 Å². The molecule has 0 bridgehead atoms. The Morgan fingerprint density at radius 2 is 1.22 bits per heavy atom. The van der Waals surface area contributed by atoms with Crippen molar-refractivity contribution in [1.29, 1.82) is 0 Å². The first-order valence-corrected chi connectivity index (χ1v) is 8.47. The second-order valence-electron chi connectivity index (χ2n) is 7.23. The van der Waals surface area contributed by atoms with Crippen molar-refractivity contribution in [3.63, 3.8) is 0 Å². The Morgan fingerprint density at radius 3 is 1.52 bits per heavy atom. The average Bonchev–Trinajstić information content (AvgIpc) is 2.53. The highest BCUT2D eigenvalue weighted by molar-refractivity contribution is 5.64. The molecule has 1 fully saturated rings. The predicted octanol–water partition coefficient (Wildman–Crippen LogP) is 5.99. The van der Waals surface area contributed by atoms with Crippen molar-refractivity contribution in [3.8, 4) is 22.6 Å². The molecule has 1 unspecified atom stereocenters. The van der Waals surface area contributed by atoms with Crippen molar-refractivity contribution in [1.82, 2.24) is 0 Å². The lowest BCUT2D eigenvalue weighted by molar-refractivity contribution is 0.154. The number of benzene rings is 2. The van der Waals surface area contributed by atoms with E-state index in [9.17, 15) is 0 Å². The van der Waals surface area contributed by atoms with Crippen LogP contribution < -0.4 is 0 Å². The number of hydrogen-bond acceptors (Lipinski definition) is 2. The Balaban J connectivity index is 0.000000185. The first-order chi connectivity index (χ1) is 10.9. The van der Waals surface area contributed by atoms with E-state index < -0.39 is 0 Å². The fraction of sp³-hybridized carbons (Fsp3) is 0.429. The van der Waals surface area contributed by atoms with Crippen LogP contribution in [0.3, 0.4) is 0 Å². The summed E-state index contributed by atoms with van der Waals surface area (Å²) < 4.78 is 0. The molecule has 0 spiro atoms. The van der Waals surface area contributed by atoms with E-state index in [1.54, 1.807) is 24.3 Å². The molecule has 2 N–H and O–H groups in total. The second kappa shape index (κ2) is 7.54. The van der Waals surface area contributed by atoms with E-state index >= 15 is 0 Å². The second-order valence-corrected chi connectivity index (χ2v) is 7.23. The van der Waals surface area contributed by atoms with E-state index in [0.29, 0.717) is 5.41 Å². The fourth-order valence-electron chi connectivity index (χ4n) is 2.98. The molecule has 0 aromatic heterocycles. The topological polar surface area (TPSA) is 40.5 Å². The maximum absolute atomic E-state index is 9.11. The van der Waals surface area contributed by atoms with Gasteiger partial charge in [0.15, 0.2) is 0 Å². The minimum Gasteiger partial charge on any atom is -0.508 e. The van der Waals surface area contributed by atoms with Crippen molar-refractivity contribution in [2.24, 2.45) is 11.3 Å². The minimum atomic E-state index is 0.257. The Hall–Kier alpha value is -1.96. The smallest absolute Gasteiger partial charge is 0.115 e. The van der Waals surface area contributed by atoms with E-state index in [1.165, 1.54) is 25.7 Å². The number of aromatic hydroxyl groups is 2. The van der Waals surface area contributed by atoms with Crippen LogP contribution in [0.15, 0.2) is 48.5 Å². The highest BCUT2D eigenvalue weighted by Crippen LogP contribution is 2.39. The van der Waals surface area contributed by atoms with Gasteiger partial charge in [0.2, 0.25) is 0 Å². The van der Waals surface area contributed by atoms with Gasteiger partial charge < -0.3 is 10.2 Å². The van der Waals surface area contributed by atoms with E-state index in [-0.39, 0.29) is 11.5 Å². The van der Waals surface area contributed by atoms with Crippen molar-refractivity contribution >= 4 is 0 Å². The van der Waals surface area contributed by atoms with Gasteiger partial charge in [-0.15, -0.1) is 0 Å². The predicted molar refractivity (Wildman–Crippen MR) is 96.6 cm³/mol. The maximum atomic E-state index is 9.11. The van der Waals surface area contributed by atoms with E-state index in [4.69, 9.17) is 10.2 Å². The molecule has 0 radical (unpaired) electrons. The summed E-state index contributed by atoms with van der Waals surface area (Å²) in [5, 5.41) is 18.2. The molecule has 3 rings (SSSR count). The molecular weight excluding hydrogens is 284 g/mol. The van der Waals surface area contributed by atoms with Crippen molar-refractivity contribution in [2.45, 2.75) is 46.5 Å². The molecule has 2 aromatic rings. The molecule has 2 aromatic carbocycles. The van der Waals surface area contributed by atoms with Crippen LogP contribution in [0.1, 0.15) is 46.5 Å². The van der Waals surface area contributed by atoms with Gasteiger partial charge in [-0.05, 0) is 53.1 Å². The third kappa shape index (κ3) is 5.02. The summed E-state index contributed by atoms with van der Waals surface area (Å²) in [6.07, 6.45) is 5.81. The van der Waals surface area contributed by atoms with Crippen molar-refractivity contribution < 1.29 is 10.2 Å². The molecule has 0 heterocycles. The average molecular weight is 312 g/mol. The van der Waals surface area contributed by atoms with E-state index in [2.05, 4.69) is 20.8 Å². The van der Waals surface area contributed by atoms with Crippen LogP contribution in [0.4, 0.5) is 0 Å². The van der Waals surface area contributed by atoms with Crippen LogP contribution in [0.25, 0.3) is 11.1 Å². The van der Waals surface area contributed by atoms with E-state index in [1.807, 2.05) is 24.3 Å². The summed E-state index contributed by atoms with van der Waals surface area (Å²) in [5.41, 5.74) is 2.67. The highest BCUT2D eigenvalue weighted by Gasteiger charge is 2.27. The molecule has 1 atom stereocenters. The molecular formula is C21H28O2. The molecule has 2 nitrogen and oxygen atoms in total. The molecule has 0 amide bonds. The van der Waals surface area contributed by atoms with E-state index in [0.717, 1.165) is 17.0 Å². The van der Waals surface area contributed by atoms with Gasteiger partial charge in [0.05, 0.1) is 0 Å². The summed E-state index contributed by atoms with van der Waals surface area (Å²) in [6.45, 7) is 7.19. The molecule has 2 heteroatoms. The molecule has 0 saturated heterocycles. The largest absolute Gasteiger partial charge is 0.508 e. The zero-order valence-corrected chi connectivity index (χ0v) is 14.4. The fourth-order valence-corrected chi connectivity index (χ4v) is 2.98. The Bertz CT molecular complexity index is 553. The highest BCUT2D eigenvalue weighted by atomic mass is 16.3. The zero-order valence-electron chi connectivity index (χ0n) is 14.4. The lowest BCUT2D eigenvalue weighted by Gasteiger charge is -2.36. The van der Waals surface area contributed by atoms with Crippen LogP contribution in [0.5, 0.6) is 11.5 Å². The van der Waals surface area contributed by atoms with Gasteiger partial charge in [-0.25, -0.2) is 0 Å². The Kier molecular flexibility index (Phi) is 5.70.